The summed E-state index contributed by atoms with van der Waals surface area (Å²) in [4.78, 5) is 4.65. The highest BCUT2D eigenvalue weighted by molar-refractivity contribution is 7.99. The van der Waals surface area contributed by atoms with Crippen molar-refractivity contribution < 1.29 is 4.52 Å². The van der Waals surface area contributed by atoms with Crippen molar-refractivity contribution in [3.05, 3.63) is 11.7 Å². The van der Waals surface area contributed by atoms with Crippen LogP contribution in [0.15, 0.2) is 4.52 Å². The Morgan fingerprint density at radius 3 is 2.81 bits per heavy atom. The van der Waals surface area contributed by atoms with E-state index in [0.29, 0.717) is 0 Å². The number of hydrogen-bond donors (Lipinski definition) is 1. The lowest BCUT2D eigenvalue weighted by molar-refractivity contribution is 0.146. The first-order chi connectivity index (χ1) is 10.1. The molecular weight excluding hydrogens is 282 g/mol. The van der Waals surface area contributed by atoms with Gasteiger partial charge < -0.3 is 9.84 Å². The summed E-state index contributed by atoms with van der Waals surface area (Å²) in [6.07, 6.45) is 9.32. The Morgan fingerprint density at radius 1 is 1.24 bits per heavy atom. The van der Waals surface area contributed by atoms with Crippen molar-refractivity contribution in [3.8, 4) is 0 Å². The van der Waals surface area contributed by atoms with Crippen LogP contribution in [0.4, 0.5) is 0 Å². The summed E-state index contributed by atoms with van der Waals surface area (Å²) < 4.78 is 5.54. The highest BCUT2D eigenvalue weighted by Gasteiger charge is 2.36. The fourth-order valence-corrected chi connectivity index (χ4v) is 4.67. The van der Waals surface area contributed by atoms with Gasteiger partial charge in [0.15, 0.2) is 5.82 Å². The fourth-order valence-electron chi connectivity index (χ4n) is 3.50. The topological polar surface area (TPSA) is 51.0 Å². The summed E-state index contributed by atoms with van der Waals surface area (Å²) in [7, 11) is 0. The molecule has 1 aliphatic heterocycles. The van der Waals surface area contributed by atoms with Crippen LogP contribution in [-0.2, 0) is 5.75 Å². The van der Waals surface area contributed by atoms with E-state index in [2.05, 4.69) is 29.3 Å². The van der Waals surface area contributed by atoms with Gasteiger partial charge in [-0.1, -0.05) is 38.3 Å². The van der Waals surface area contributed by atoms with Crippen LogP contribution in [0.2, 0.25) is 0 Å². The number of rotatable bonds is 4. The monoisotopic (exact) mass is 309 g/mol. The van der Waals surface area contributed by atoms with Gasteiger partial charge >= 0.3 is 0 Å². The summed E-state index contributed by atoms with van der Waals surface area (Å²) in [5.41, 5.74) is 0.193. The van der Waals surface area contributed by atoms with Crippen LogP contribution in [0.3, 0.4) is 0 Å². The molecule has 5 heteroatoms. The lowest BCUT2D eigenvalue weighted by atomic mass is 9.77. The van der Waals surface area contributed by atoms with Gasteiger partial charge in [-0.3, -0.25) is 0 Å². The molecule has 2 fully saturated rings. The zero-order valence-electron chi connectivity index (χ0n) is 13.2. The Bertz CT molecular complexity index is 454. The molecule has 1 aromatic heterocycles. The van der Waals surface area contributed by atoms with Gasteiger partial charge in [-0.2, -0.15) is 16.7 Å². The summed E-state index contributed by atoms with van der Waals surface area (Å²) in [6, 6.07) is 0.201. The van der Waals surface area contributed by atoms with Crippen LogP contribution in [0.25, 0.3) is 0 Å². The fraction of sp³-hybridized carbons (Fsp3) is 0.875. The molecule has 1 N–H and O–H groups in total. The van der Waals surface area contributed by atoms with Crippen molar-refractivity contribution in [1.82, 2.24) is 15.5 Å². The van der Waals surface area contributed by atoms with E-state index in [4.69, 9.17) is 4.52 Å². The summed E-state index contributed by atoms with van der Waals surface area (Å²) in [5.74, 6) is 2.53. The third kappa shape index (κ3) is 3.81. The van der Waals surface area contributed by atoms with Crippen LogP contribution in [0.5, 0.6) is 0 Å². The Kier molecular flexibility index (Phi) is 4.89. The molecule has 4 nitrogen and oxygen atoms in total. The molecule has 0 spiro atoms. The van der Waals surface area contributed by atoms with Crippen LogP contribution >= 0.6 is 11.8 Å². The van der Waals surface area contributed by atoms with E-state index in [1.54, 1.807) is 0 Å². The molecule has 21 heavy (non-hydrogen) atoms. The van der Waals surface area contributed by atoms with Gasteiger partial charge in [0.05, 0.1) is 11.8 Å². The number of aromatic nitrogens is 2. The Hall–Kier alpha value is -0.550. The van der Waals surface area contributed by atoms with Crippen molar-refractivity contribution in [2.75, 3.05) is 6.54 Å². The Labute approximate surface area is 131 Å². The van der Waals surface area contributed by atoms with Crippen LogP contribution in [0, 0.1) is 5.41 Å². The first kappa shape index (κ1) is 15.3. The van der Waals surface area contributed by atoms with Gasteiger partial charge in [0.2, 0.25) is 5.89 Å². The van der Waals surface area contributed by atoms with Crippen LogP contribution < -0.4 is 5.32 Å². The highest BCUT2D eigenvalue weighted by atomic mass is 32.2. The standard InChI is InChI=1S/C16H27N3OS/c1-16(2)9-6-10-17-14(16)15-18-13(19-20-15)11-21-12-7-4-3-5-8-12/h12,14,17H,3-11H2,1-2H3. The number of hydrogen-bond acceptors (Lipinski definition) is 5. The third-order valence-corrected chi connectivity index (χ3v) is 6.23. The van der Waals surface area contributed by atoms with E-state index in [1.807, 2.05) is 11.8 Å². The quantitative estimate of drug-likeness (QED) is 0.908. The summed E-state index contributed by atoms with van der Waals surface area (Å²) >= 11 is 2.00. The molecular formula is C16H27N3OS. The minimum atomic E-state index is 0.193. The SMILES string of the molecule is CC1(C)CCCNC1c1nc(CSC2CCCCC2)no1. The molecule has 0 radical (unpaired) electrons. The molecule has 1 saturated heterocycles. The molecule has 0 amide bonds. The minimum absolute atomic E-state index is 0.193. The van der Waals surface area contributed by atoms with E-state index in [9.17, 15) is 0 Å². The van der Waals surface area contributed by atoms with E-state index in [0.717, 1.165) is 29.3 Å². The second kappa shape index (κ2) is 6.69. The summed E-state index contributed by atoms with van der Waals surface area (Å²) in [5, 5.41) is 8.53. The van der Waals surface area contributed by atoms with Crippen LogP contribution in [-0.4, -0.2) is 21.9 Å². The number of nitrogens with zero attached hydrogens (tertiary/aromatic N) is 2. The maximum absolute atomic E-state index is 5.54. The second-order valence-electron chi connectivity index (χ2n) is 7.10. The molecule has 1 unspecified atom stereocenters. The first-order valence-electron chi connectivity index (χ1n) is 8.33. The van der Waals surface area contributed by atoms with Gasteiger partial charge in [-0.15, -0.1) is 0 Å². The third-order valence-electron chi connectivity index (χ3n) is 4.86. The van der Waals surface area contributed by atoms with E-state index in [-0.39, 0.29) is 11.5 Å². The normalized spacial score (nSPS) is 26.9. The molecule has 1 atom stereocenters. The number of thioether (sulfide) groups is 1. The van der Waals surface area contributed by atoms with Gasteiger partial charge in [0, 0.05) is 5.25 Å². The number of piperidine rings is 1. The lowest BCUT2D eigenvalue weighted by Crippen LogP contribution is -2.39. The van der Waals surface area contributed by atoms with Gasteiger partial charge in [0.25, 0.3) is 0 Å². The molecule has 3 rings (SSSR count). The average Bonchev–Trinajstić information content (AvgIpc) is 2.94. The second-order valence-corrected chi connectivity index (χ2v) is 8.39. The molecule has 1 saturated carbocycles. The van der Waals surface area contributed by atoms with Gasteiger partial charge in [0.1, 0.15) is 0 Å². The van der Waals surface area contributed by atoms with Gasteiger partial charge in [-0.05, 0) is 37.6 Å². The molecule has 2 heterocycles. The van der Waals surface area contributed by atoms with Crippen molar-refractivity contribution in [3.63, 3.8) is 0 Å². The minimum Gasteiger partial charge on any atom is -0.338 e. The molecule has 1 aliphatic carbocycles. The Morgan fingerprint density at radius 2 is 2.05 bits per heavy atom. The van der Waals surface area contributed by atoms with Crippen molar-refractivity contribution in [1.29, 1.82) is 0 Å². The van der Waals surface area contributed by atoms with Crippen LogP contribution in [0.1, 0.15) is 76.6 Å². The highest BCUT2D eigenvalue weighted by Crippen LogP contribution is 2.39. The van der Waals surface area contributed by atoms with E-state index in [1.165, 1.54) is 44.9 Å². The first-order valence-corrected chi connectivity index (χ1v) is 9.37. The smallest absolute Gasteiger partial charge is 0.244 e. The maximum atomic E-state index is 5.54. The molecule has 118 valence electrons. The zero-order chi connectivity index (χ0) is 14.7. The Balaban J connectivity index is 1.57. The molecule has 1 aromatic rings. The van der Waals surface area contributed by atoms with Gasteiger partial charge in [-0.25, -0.2) is 0 Å². The molecule has 0 aromatic carbocycles. The zero-order valence-corrected chi connectivity index (χ0v) is 14.0. The molecule has 2 aliphatic rings. The predicted molar refractivity (Wildman–Crippen MR) is 86.2 cm³/mol. The van der Waals surface area contributed by atoms with Crippen molar-refractivity contribution >= 4 is 11.8 Å². The van der Waals surface area contributed by atoms with Crippen molar-refractivity contribution in [2.24, 2.45) is 5.41 Å². The number of nitrogens with one attached hydrogen (secondary N) is 1. The largest absolute Gasteiger partial charge is 0.338 e. The van der Waals surface area contributed by atoms with Crippen molar-refractivity contribution in [2.45, 2.75) is 75.8 Å². The van der Waals surface area contributed by atoms with E-state index >= 15 is 0 Å². The average molecular weight is 309 g/mol. The lowest BCUT2D eigenvalue weighted by Gasteiger charge is -2.36. The predicted octanol–water partition coefficient (Wildman–Crippen LogP) is 4.09. The summed E-state index contributed by atoms with van der Waals surface area (Å²) in [6.45, 7) is 5.61. The molecule has 0 bridgehead atoms. The maximum Gasteiger partial charge on any atom is 0.244 e. The van der Waals surface area contributed by atoms with E-state index < -0.39 is 0 Å².